The zero-order chi connectivity index (χ0) is 13.4. The van der Waals surface area contributed by atoms with Gasteiger partial charge in [0.05, 0.1) is 10.2 Å². The van der Waals surface area contributed by atoms with Crippen molar-refractivity contribution >= 4 is 51.0 Å². The second-order valence-corrected chi connectivity index (χ2v) is 5.93. The van der Waals surface area contributed by atoms with Crippen LogP contribution in [0.3, 0.4) is 0 Å². The second kappa shape index (κ2) is 4.93. The number of thiazole rings is 1. The van der Waals surface area contributed by atoms with Crippen molar-refractivity contribution in [2.45, 2.75) is 0 Å². The van der Waals surface area contributed by atoms with E-state index < -0.39 is 0 Å². The van der Waals surface area contributed by atoms with Crippen molar-refractivity contribution in [1.82, 2.24) is 4.98 Å². The minimum atomic E-state index is 0.525. The lowest BCUT2D eigenvalue weighted by Crippen LogP contribution is -1.83. The molecule has 0 N–H and O–H groups in total. The maximum absolute atomic E-state index is 10.9. The number of hydrogen-bond acceptors (Lipinski definition) is 3. The fourth-order valence-electron chi connectivity index (χ4n) is 1.83. The molecule has 5 heteroatoms. The third-order valence-corrected chi connectivity index (χ3v) is 4.17. The monoisotopic (exact) mass is 307 g/mol. The Morgan fingerprint density at radius 3 is 2.68 bits per heavy atom. The third kappa shape index (κ3) is 2.50. The molecule has 0 unspecified atom stereocenters. The SMILES string of the molecule is O=Cc1cc(Cl)cc(-c2nc3ccc(Cl)cc3s2)c1. The van der Waals surface area contributed by atoms with Crippen molar-refractivity contribution in [1.29, 1.82) is 0 Å². The molecule has 0 amide bonds. The zero-order valence-electron chi connectivity index (χ0n) is 9.56. The van der Waals surface area contributed by atoms with Crippen LogP contribution in [0.5, 0.6) is 0 Å². The highest BCUT2D eigenvalue weighted by Gasteiger charge is 2.08. The van der Waals surface area contributed by atoms with Crippen molar-refractivity contribution in [3.8, 4) is 10.6 Å². The van der Waals surface area contributed by atoms with Gasteiger partial charge in [0.1, 0.15) is 11.3 Å². The Labute approximate surface area is 123 Å². The Morgan fingerprint density at radius 1 is 1.05 bits per heavy atom. The van der Waals surface area contributed by atoms with Crippen molar-refractivity contribution in [2.75, 3.05) is 0 Å². The van der Waals surface area contributed by atoms with E-state index in [1.165, 1.54) is 11.3 Å². The molecule has 0 aliphatic carbocycles. The van der Waals surface area contributed by atoms with Crippen LogP contribution in [-0.4, -0.2) is 11.3 Å². The average molecular weight is 308 g/mol. The highest BCUT2D eigenvalue weighted by Crippen LogP contribution is 2.33. The second-order valence-electron chi connectivity index (χ2n) is 4.02. The van der Waals surface area contributed by atoms with Gasteiger partial charge < -0.3 is 0 Å². The number of rotatable bonds is 2. The van der Waals surface area contributed by atoms with Crippen molar-refractivity contribution in [3.05, 3.63) is 52.0 Å². The van der Waals surface area contributed by atoms with Gasteiger partial charge in [0, 0.05) is 21.2 Å². The minimum Gasteiger partial charge on any atom is -0.298 e. The predicted molar refractivity (Wildman–Crippen MR) is 80.5 cm³/mol. The van der Waals surface area contributed by atoms with Gasteiger partial charge in [-0.05, 0) is 36.4 Å². The van der Waals surface area contributed by atoms with Gasteiger partial charge in [-0.1, -0.05) is 23.2 Å². The molecule has 94 valence electrons. The molecule has 0 saturated carbocycles. The molecule has 3 rings (SSSR count). The lowest BCUT2D eigenvalue weighted by Gasteiger charge is -1.99. The number of aromatic nitrogens is 1. The molecule has 0 spiro atoms. The van der Waals surface area contributed by atoms with Crippen LogP contribution in [0.2, 0.25) is 10.0 Å². The first-order valence-corrected chi connectivity index (χ1v) is 7.05. The Morgan fingerprint density at radius 2 is 1.89 bits per heavy atom. The summed E-state index contributed by atoms with van der Waals surface area (Å²) in [4.78, 5) is 15.4. The first kappa shape index (κ1) is 12.6. The van der Waals surface area contributed by atoms with E-state index in [9.17, 15) is 4.79 Å². The maximum atomic E-state index is 10.9. The van der Waals surface area contributed by atoms with E-state index in [-0.39, 0.29) is 0 Å². The molecule has 0 aliphatic rings. The standard InChI is InChI=1S/C14H7Cl2NOS/c15-10-1-2-12-13(6-10)19-14(17-12)9-3-8(7-18)4-11(16)5-9/h1-7H. The number of nitrogens with zero attached hydrogens (tertiary/aromatic N) is 1. The van der Waals surface area contributed by atoms with Gasteiger partial charge in [-0.3, -0.25) is 4.79 Å². The molecule has 3 aromatic rings. The first-order valence-electron chi connectivity index (χ1n) is 5.48. The topological polar surface area (TPSA) is 30.0 Å². The lowest BCUT2D eigenvalue weighted by atomic mass is 10.1. The van der Waals surface area contributed by atoms with E-state index in [1.807, 2.05) is 18.2 Å². The lowest BCUT2D eigenvalue weighted by molar-refractivity contribution is 0.112. The van der Waals surface area contributed by atoms with Crippen molar-refractivity contribution in [2.24, 2.45) is 0 Å². The van der Waals surface area contributed by atoms with E-state index in [0.29, 0.717) is 15.6 Å². The summed E-state index contributed by atoms with van der Waals surface area (Å²) in [5.41, 5.74) is 2.27. The minimum absolute atomic E-state index is 0.525. The van der Waals surface area contributed by atoms with Gasteiger partial charge in [-0.2, -0.15) is 0 Å². The number of hydrogen-bond donors (Lipinski definition) is 0. The molecule has 1 heterocycles. The summed E-state index contributed by atoms with van der Waals surface area (Å²) in [6.45, 7) is 0. The first-order chi connectivity index (χ1) is 9.15. The summed E-state index contributed by atoms with van der Waals surface area (Å²) in [5.74, 6) is 0. The van der Waals surface area contributed by atoms with E-state index in [0.717, 1.165) is 27.1 Å². The van der Waals surface area contributed by atoms with Crippen LogP contribution in [0, 0.1) is 0 Å². The molecule has 1 aromatic heterocycles. The number of carbonyl (C=O) groups excluding carboxylic acids is 1. The molecule has 0 radical (unpaired) electrons. The number of fused-ring (bicyclic) bond motifs is 1. The van der Waals surface area contributed by atoms with Crippen LogP contribution >= 0.6 is 34.5 Å². The van der Waals surface area contributed by atoms with E-state index >= 15 is 0 Å². The summed E-state index contributed by atoms with van der Waals surface area (Å²) in [7, 11) is 0. The molecule has 0 aliphatic heterocycles. The molecular formula is C14H7Cl2NOS. The Balaban J connectivity index is 2.18. The fraction of sp³-hybridized carbons (Fsp3) is 0. The summed E-state index contributed by atoms with van der Waals surface area (Å²) >= 11 is 13.5. The smallest absolute Gasteiger partial charge is 0.150 e. The zero-order valence-corrected chi connectivity index (χ0v) is 11.9. The third-order valence-electron chi connectivity index (χ3n) is 2.65. The van der Waals surface area contributed by atoms with Gasteiger partial charge >= 0.3 is 0 Å². The Hall–Kier alpha value is -1.42. The largest absolute Gasteiger partial charge is 0.298 e. The Bertz CT molecular complexity index is 782. The molecule has 0 saturated heterocycles. The van der Waals surface area contributed by atoms with Gasteiger partial charge in [0.15, 0.2) is 0 Å². The summed E-state index contributed by atoms with van der Waals surface area (Å²) in [5, 5.41) is 2.03. The average Bonchev–Trinajstić information content (AvgIpc) is 2.80. The van der Waals surface area contributed by atoms with Gasteiger partial charge in [0.25, 0.3) is 0 Å². The summed E-state index contributed by atoms with van der Waals surface area (Å²) in [6.07, 6.45) is 0.777. The van der Waals surface area contributed by atoms with Crippen LogP contribution in [0.25, 0.3) is 20.8 Å². The number of carbonyl (C=O) groups is 1. The molecule has 0 fully saturated rings. The van der Waals surface area contributed by atoms with Crippen molar-refractivity contribution in [3.63, 3.8) is 0 Å². The molecular weight excluding hydrogens is 301 g/mol. The maximum Gasteiger partial charge on any atom is 0.150 e. The quantitative estimate of drug-likeness (QED) is 0.618. The van der Waals surface area contributed by atoms with Crippen LogP contribution < -0.4 is 0 Å². The van der Waals surface area contributed by atoms with E-state index in [1.54, 1.807) is 18.2 Å². The number of benzene rings is 2. The van der Waals surface area contributed by atoms with Crippen molar-refractivity contribution < 1.29 is 4.79 Å². The highest BCUT2D eigenvalue weighted by atomic mass is 35.5. The highest BCUT2D eigenvalue weighted by molar-refractivity contribution is 7.21. The molecule has 19 heavy (non-hydrogen) atoms. The normalized spacial score (nSPS) is 10.8. The predicted octanol–water partition coefficient (Wildman–Crippen LogP) is 5.08. The molecule has 2 nitrogen and oxygen atoms in total. The van der Waals surface area contributed by atoms with Crippen LogP contribution in [0.15, 0.2) is 36.4 Å². The summed E-state index contributed by atoms with van der Waals surface area (Å²) in [6, 6.07) is 10.8. The van der Waals surface area contributed by atoms with E-state index in [2.05, 4.69) is 4.98 Å². The van der Waals surface area contributed by atoms with Crippen LogP contribution in [0.1, 0.15) is 10.4 Å². The molecule has 0 atom stereocenters. The van der Waals surface area contributed by atoms with Gasteiger partial charge in [-0.25, -0.2) is 4.98 Å². The number of halogens is 2. The van der Waals surface area contributed by atoms with Gasteiger partial charge in [0.2, 0.25) is 0 Å². The van der Waals surface area contributed by atoms with E-state index in [4.69, 9.17) is 23.2 Å². The molecule has 2 aromatic carbocycles. The van der Waals surface area contributed by atoms with Gasteiger partial charge in [-0.15, -0.1) is 11.3 Å². The van der Waals surface area contributed by atoms with Crippen LogP contribution in [0.4, 0.5) is 0 Å². The van der Waals surface area contributed by atoms with Crippen LogP contribution in [-0.2, 0) is 0 Å². The Kier molecular flexibility index (Phi) is 3.27. The molecule has 0 bridgehead atoms. The summed E-state index contributed by atoms with van der Waals surface area (Å²) < 4.78 is 1.01. The number of aldehydes is 1. The fourth-order valence-corrected chi connectivity index (χ4v) is 3.30.